The van der Waals surface area contributed by atoms with Gasteiger partial charge in [-0.3, -0.25) is 19.3 Å². The van der Waals surface area contributed by atoms with Gasteiger partial charge in [0.15, 0.2) is 0 Å². The van der Waals surface area contributed by atoms with Crippen LogP contribution in [0.4, 0.5) is 15.8 Å². The van der Waals surface area contributed by atoms with E-state index in [0.29, 0.717) is 23.5 Å². The van der Waals surface area contributed by atoms with Crippen LogP contribution < -0.4 is 10.2 Å². The summed E-state index contributed by atoms with van der Waals surface area (Å²) in [6.07, 6.45) is 1.57. The Balaban J connectivity index is 1.58. The zero-order valence-electron chi connectivity index (χ0n) is 17.3. The van der Waals surface area contributed by atoms with Crippen molar-refractivity contribution >= 4 is 29.1 Å². The van der Waals surface area contributed by atoms with Gasteiger partial charge in [-0.1, -0.05) is 12.1 Å². The lowest BCUT2D eigenvalue weighted by molar-refractivity contribution is -0.135. The van der Waals surface area contributed by atoms with Crippen LogP contribution in [-0.4, -0.2) is 35.2 Å². The van der Waals surface area contributed by atoms with Gasteiger partial charge in [-0.25, -0.2) is 9.29 Å². The van der Waals surface area contributed by atoms with Crippen molar-refractivity contribution in [1.29, 1.82) is 0 Å². The van der Waals surface area contributed by atoms with E-state index in [1.165, 1.54) is 17.0 Å². The number of hydrogen-bond donors (Lipinski definition) is 1. The molecule has 2 aromatic carbocycles. The fourth-order valence-electron chi connectivity index (χ4n) is 6.39. The highest BCUT2D eigenvalue weighted by atomic mass is 19.1. The Morgan fingerprint density at radius 3 is 2.71 bits per heavy atom. The lowest BCUT2D eigenvalue weighted by atomic mass is 9.75. The maximum atomic E-state index is 14.3. The molecule has 4 heterocycles. The summed E-state index contributed by atoms with van der Waals surface area (Å²) in [5, 5.41) is 2.86. The van der Waals surface area contributed by atoms with E-state index in [9.17, 15) is 18.8 Å². The predicted octanol–water partition coefficient (Wildman–Crippen LogP) is 2.87. The Bertz CT molecular complexity index is 1190. The molecule has 6 nitrogen and oxygen atoms in total. The molecule has 3 amide bonds. The molecule has 3 fully saturated rings. The van der Waals surface area contributed by atoms with Gasteiger partial charge in [0, 0.05) is 17.3 Å². The first-order chi connectivity index (χ1) is 14.9. The molecule has 4 aliphatic rings. The topological polar surface area (TPSA) is 69.7 Å². The van der Waals surface area contributed by atoms with Gasteiger partial charge in [0.05, 0.1) is 17.5 Å². The van der Waals surface area contributed by atoms with Crippen molar-refractivity contribution < 1.29 is 18.8 Å². The van der Waals surface area contributed by atoms with E-state index >= 15 is 0 Å². The number of imide groups is 1. The van der Waals surface area contributed by atoms with Crippen molar-refractivity contribution in [3.63, 3.8) is 0 Å². The maximum Gasteiger partial charge on any atom is 0.250 e. The lowest BCUT2D eigenvalue weighted by Gasteiger charge is -2.36. The smallest absolute Gasteiger partial charge is 0.250 e. The highest BCUT2D eigenvalue weighted by Crippen LogP contribution is 2.60. The Morgan fingerprint density at radius 1 is 1.10 bits per heavy atom. The molecule has 4 atom stereocenters. The van der Waals surface area contributed by atoms with E-state index in [4.69, 9.17) is 0 Å². The summed E-state index contributed by atoms with van der Waals surface area (Å²) in [7, 11) is 0. The number of fused-ring (bicyclic) bond motifs is 7. The molecule has 3 saturated heterocycles. The summed E-state index contributed by atoms with van der Waals surface area (Å²) in [6.45, 7) is 4.43. The van der Waals surface area contributed by atoms with E-state index < -0.39 is 23.2 Å². The first-order valence-corrected chi connectivity index (χ1v) is 10.7. The monoisotopic (exact) mass is 419 g/mol. The lowest BCUT2D eigenvalue weighted by Crippen LogP contribution is -2.54. The highest BCUT2D eigenvalue weighted by molar-refractivity contribution is 6.26. The third-order valence-electron chi connectivity index (χ3n) is 7.77. The quantitative estimate of drug-likeness (QED) is 0.722. The number of nitrogens with one attached hydrogen (secondary N) is 1. The molecule has 2 aromatic rings. The number of aryl methyl sites for hydroxylation is 1. The minimum atomic E-state index is -1.34. The summed E-state index contributed by atoms with van der Waals surface area (Å²) in [4.78, 5) is 44.4. The van der Waals surface area contributed by atoms with Crippen molar-refractivity contribution in [2.24, 2.45) is 11.8 Å². The summed E-state index contributed by atoms with van der Waals surface area (Å²) in [5.74, 6) is -2.91. The number of carbonyl (C=O) groups excluding carboxylic acids is 3. The van der Waals surface area contributed by atoms with Crippen molar-refractivity contribution in [2.75, 3.05) is 16.8 Å². The number of halogens is 1. The average Bonchev–Trinajstić information content (AvgIpc) is 3.43. The van der Waals surface area contributed by atoms with Crippen LogP contribution in [0.2, 0.25) is 0 Å². The third kappa shape index (κ3) is 2.07. The summed E-state index contributed by atoms with van der Waals surface area (Å²) in [6, 6.07) is 9.53. The number of hydrogen-bond acceptors (Lipinski definition) is 4. The number of nitrogens with zero attached hydrogens (tertiary/aromatic N) is 2. The van der Waals surface area contributed by atoms with Crippen molar-refractivity contribution in [3.8, 4) is 0 Å². The van der Waals surface area contributed by atoms with Crippen LogP contribution in [0.1, 0.15) is 29.5 Å². The molecular weight excluding hydrogens is 397 g/mol. The molecule has 4 aliphatic heterocycles. The SMILES string of the molecule is Cc1cccc(N2C(=O)[C@@H]3[C@@H]4CCCN4[C@]4(C(=O)Nc5ccc(F)cc54)[C@H]3C2=O)c1C. The number of carbonyl (C=O) groups is 3. The second kappa shape index (κ2) is 6.01. The van der Waals surface area contributed by atoms with Crippen LogP contribution in [-0.2, 0) is 19.9 Å². The molecule has 1 spiro atoms. The molecule has 0 aromatic heterocycles. The van der Waals surface area contributed by atoms with Crippen molar-refractivity contribution in [1.82, 2.24) is 4.90 Å². The first kappa shape index (κ1) is 18.7. The van der Waals surface area contributed by atoms with E-state index in [0.717, 1.165) is 24.0 Å². The molecular formula is C24H22FN3O3. The molecule has 0 saturated carbocycles. The second-order valence-electron chi connectivity index (χ2n) is 9.05. The second-order valence-corrected chi connectivity index (χ2v) is 9.05. The standard InChI is InChI=1S/C24H22FN3O3/c1-12-5-3-6-17(13(12)2)28-21(29)19-18-7-4-10-27(18)24(20(19)22(28)30)15-11-14(25)8-9-16(15)26-23(24)31/h3,5-6,8-9,11,18-20H,4,7,10H2,1-2H3,(H,26,31)/t18-,19+,20+,24-/m0/s1. The zero-order valence-corrected chi connectivity index (χ0v) is 17.3. The number of benzene rings is 2. The summed E-state index contributed by atoms with van der Waals surface area (Å²) in [5.41, 5.74) is 2.07. The minimum absolute atomic E-state index is 0.212. The van der Waals surface area contributed by atoms with Gasteiger partial charge >= 0.3 is 0 Å². The van der Waals surface area contributed by atoms with Crippen LogP contribution in [0.25, 0.3) is 0 Å². The van der Waals surface area contributed by atoms with E-state index in [2.05, 4.69) is 5.32 Å². The van der Waals surface area contributed by atoms with Gasteiger partial charge in [-0.2, -0.15) is 0 Å². The zero-order chi connectivity index (χ0) is 21.7. The highest BCUT2D eigenvalue weighted by Gasteiger charge is 2.74. The van der Waals surface area contributed by atoms with Gasteiger partial charge < -0.3 is 5.32 Å². The molecule has 0 radical (unpaired) electrons. The molecule has 31 heavy (non-hydrogen) atoms. The van der Waals surface area contributed by atoms with E-state index in [1.807, 2.05) is 30.9 Å². The maximum absolute atomic E-state index is 14.3. The molecule has 158 valence electrons. The predicted molar refractivity (Wildman–Crippen MR) is 112 cm³/mol. The van der Waals surface area contributed by atoms with E-state index in [1.54, 1.807) is 12.1 Å². The normalized spacial score (nSPS) is 31.4. The number of amides is 3. The summed E-state index contributed by atoms with van der Waals surface area (Å²) < 4.78 is 14.3. The molecule has 0 aliphatic carbocycles. The fraction of sp³-hybridized carbons (Fsp3) is 0.375. The molecule has 6 rings (SSSR count). The average molecular weight is 419 g/mol. The van der Waals surface area contributed by atoms with Gasteiger partial charge in [0.1, 0.15) is 11.4 Å². The number of anilines is 2. The van der Waals surface area contributed by atoms with Crippen LogP contribution >= 0.6 is 0 Å². The number of rotatable bonds is 1. The van der Waals surface area contributed by atoms with Crippen LogP contribution in [0.3, 0.4) is 0 Å². The van der Waals surface area contributed by atoms with Crippen LogP contribution in [0, 0.1) is 31.5 Å². The van der Waals surface area contributed by atoms with Crippen LogP contribution in [0.15, 0.2) is 36.4 Å². The minimum Gasteiger partial charge on any atom is -0.324 e. The largest absolute Gasteiger partial charge is 0.324 e. The van der Waals surface area contributed by atoms with Crippen molar-refractivity contribution in [3.05, 3.63) is 58.9 Å². The first-order valence-electron chi connectivity index (χ1n) is 10.7. The van der Waals surface area contributed by atoms with E-state index in [-0.39, 0.29) is 23.8 Å². The molecule has 0 bridgehead atoms. The van der Waals surface area contributed by atoms with Crippen molar-refractivity contribution in [2.45, 2.75) is 38.3 Å². The van der Waals surface area contributed by atoms with Gasteiger partial charge in [-0.05, 0) is 68.6 Å². The Kier molecular flexibility index (Phi) is 3.62. The Labute approximate surface area is 179 Å². The van der Waals surface area contributed by atoms with Gasteiger partial charge in [0.25, 0.3) is 0 Å². The van der Waals surface area contributed by atoms with Gasteiger partial charge in [-0.15, -0.1) is 0 Å². The fourth-order valence-corrected chi connectivity index (χ4v) is 6.39. The van der Waals surface area contributed by atoms with Crippen LogP contribution in [0.5, 0.6) is 0 Å². The summed E-state index contributed by atoms with van der Waals surface area (Å²) >= 11 is 0. The van der Waals surface area contributed by atoms with Gasteiger partial charge in [0.2, 0.25) is 17.7 Å². The molecule has 7 heteroatoms. The Morgan fingerprint density at radius 2 is 1.90 bits per heavy atom. The molecule has 0 unspecified atom stereocenters. The third-order valence-corrected chi connectivity index (χ3v) is 7.77. The molecule has 1 N–H and O–H groups in total. The Hall–Kier alpha value is -3.06.